The van der Waals surface area contributed by atoms with Crippen molar-refractivity contribution in [1.29, 1.82) is 0 Å². The van der Waals surface area contributed by atoms with Crippen LogP contribution < -0.4 is 0 Å². The number of carbonyl (C=O) groups excluding carboxylic acids is 1. The molecular weight excluding hydrogens is 263 g/mol. The molecule has 0 aromatic heterocycles. The molecule has 20 heavy (non-hydrogen) atoms. The molecule has 1 aromatic rings. The summed E-state index contributed by atoms with van der Waals surface area (Å²) < 4.78 is 0. The van der Waals surface area contributed by atoms with E-state index in [0.29, 0.717) is 17.9 Å². The Morgan fingerprint density at radius 3 is 2.00 bits per heavy atom. The van der Waals surface area contributed by atoms with Crippen LogP contribution >= 0.6 is 7.26 Å². The summed E-state index contributed by atoms with van der Waals surface area (Å²) in [4.78, 5) is 12.5. The standard InChI is InChI=1S/C18H30OP/c1-7-20(6,8-2)16(14-17(19)18(3,4)5)15-12-10-9-11-13-15/h9-13,16H,7-8,14H2,1-6H3/q+1. The summed E-state index contributed by atoms with van der Waals surface area (Å²) in [5.74, 6) is 0.388. The lowest BCUT2D eigenvalue weighted by Gasteiger charge is -2.31. The van der Waals surface area contributed by atoms with E-state index in [1.165, 1.54) is 17.9 Å². The van der Waals surface area contributed by atoms with Gasteiger partial charge in [-0.1, -0.05) is 51.1 Å². The number of hydrogen-bond acceptors (Lipinski definition) is 1. The zero-order chi connectivity index (χ0) is 15.4. The molecule has 1 unspecified atom stereocenters. The second-order valence-electron chi connectivity index (χ2n) is 6.92. The number of carbonyl (C=O) groups is 1. The molecule has 0 aliphatic carbocycles. The van der Waals surface area contributed by atoms with Crippen molar-refractivity contribution in [3.63, 3.8) is 0 Å². The minimum atomic E-state index is -1.11. The van der Waals surface area contributed by atoms with Crippen molar-refractivity contribution in [1.82, 2.24) is 0 Å². The molecule has 1 aromatic carbocycles. The number of rotatable bonds is 6. The fourth-order valence-corrected chi connectivity index (χ4v) is 5.35. The number of hydrogen-bond donors (Lipinski definition) is 0. The predicted molar refractivity (Wildman–Crippen MR) is 92.2 cm³/mol. The highest BCUT2D eigenvalue weighted by atomic mass is 31.2. The zero-order valence-corrected chi connectivity index (χ0v) is 14.8. The average Bonchev–Trinajstić information content (AvgIpc) is 2.43. The summed E-state index contributed by atoms with van der Waals surface area (Å²) in [6.45, 7) is 13.1. The maximum absolute atomic E-state index is 12.5. The molecule has 112 valence electrons. The Morgan fingerprint density at radius 1 is 1.10 bits per heavy atom. The van der Waals surface area contributed by atoms with E-state index in [0.717, 1.165) is 0 Å². The van der Waals surface area contributed by atoms with Gasteiger partial charge in [0, 0.05) is 25.8 Å². The molecule has 1 atom stereocenters. The van der Waals surface area contributed by atoms with E-state index < -0.39 is 7.26 Å². The highest BCUT2D eigenvalue weighted by Gasteiger charge is 2.41. The van der Waals surface area contributed by atoms with Crippen molar-refractivity contribution in [3.05, 3.63) is 35.9 Å². The van der Waals surface area contributed by atoms with Gasteiger partial charge in [-0.05, 0) is 19.4 Å². The van der Waals surface area contributed by atoms with Gasteiger partial charge in [-0.15, -0.1) is 0 Å². The van der Waals surface area contributed by atoms with Crippen molar-refractivity contribution >= 4 is 13.0 Å². The molecule has 0 aliphatic rings. The molecule has 0 saturated heterocycles. The Hall–Kier alpha value is -0.680. The fraction of sp³-hybridized carbons (Fsp3) is 0.611. The molecule has 0 fully saturated rings. The third-order valence-electron chi connectivity index (χ3n) is 4.60. The first-order chi connectivity index (χ1) is 9.24. The molecule has 2 heteroatoms. The molecule has 1 nitrogen and oxygen atoms in total. The van der Waals surface area contributed by atoms with Crippen molar-refractivity contribution in [3.8, 4) is 0 Å². The van der Waals surface area contributed by atoms with Crippen LogP contribution in [0.3, 0.4) is 0 Å². The predicted octanol–water partition coefficient (Wildman–Crippen LogP) is 5.42. The maximum Gasteiger partial charge on any atom is 0.142 e. The smallest absolute Gasteiger partial charge is 0.142 e. The van der Waals surface area contributed by atoms with E-state index in [9.17, 15) is 4.79 Å². The van der Waals surface area contributed by atoms with E-state index in [1.807, 2.05) is 20.8 Å². The van der Waals surface area contributed by atoms with Gasteiger partial charge in [0.25, 0.3) is 0 Å². The normalized spacial score (nSPS) is 14.1. The Morgan fingerprint density at radius 2 is 1.60 bits per heavy atom. The van der Waals surface area contributed by atoms with Crippen molar-refractivity contribution in [2.75, 3.05) is 19.0 Å². The van der Waals surface area contributed by atoms with Crippen LogP contribution in [-0.4, -0.2) is 24.8 Å². The van der Waals surface area contributed by atoms with E-state index >= 15 is 0 Å². The average molecular weight is 293 g/mol. The molecule has 0 bridgehead atoms. The summed E-state index contributed by atoms with van der Waals surface area (Å²) in [6, 6.07) is 10.6. The van der Waals surface area contributed by atoms with Gasteiger partial charge in [0.15, 0.2) is 0 Å². The molecule has 0 aliphatic heterocycles. The zero-order valence-electron chi connectivity index (χ0n) is 13.9. The van der Waals surface area contributed by atoms with Crippen LogP contribution in [0.4, 0.5) is 0 Å². The monoisotopic (exact) mass is 293 g/mol. The van der Waals surface area contributed by atoms with Crippen LogP contribution in [0.5, 0.6) is 0 Å². The molecule has 0 saturated carbocycles. The highest BCUT2D eigenvalue weighted by Crippen LogP contribution is 2.67. The molecule has 0 heterocycles. The lowest BCUT2D eigenvalue weighted by atomic mass is 9.87. The van der Waals surface area contributed by atoms with Gasteiger partial charge < -0.3 is 0 Å². The minimum Gasteiger partial charge on any atom is -0.299 e. The summed E-state index contributed by atoms with van der Waals surface area (Å²) in [5, 5.41) is 0. The highest BCUT2D eigenvalue weighted by molar-refractivity contribution is 7.75. The molecule has 0 N–H and O–H groups in total. The third-order valence-corrected chi connectivity index (χ3v) is 9.47. The van der Waals surface area contributed by atoms with Gasteiger partial charge in [-0.3, -0.25) is 4.79 Å². The van der Waals surface area contributed by atoms with E-state index in [-0.39, 0.29) is 5.41 Å². The molecule has 1 rings (SSSR count). The first-order valence-electron chi connectivity index (χ1n) is 7.67. The van der Waals surface area contributed by atoms with Crippen LogP contribution in [0.2, 0.25) is 0 Å². The molecule has 0 radical (unpaired) electrons. The Labute approximate surface area is 125 Å². The number of benzene rings is 1. The van der Waals surface area contributed by atoms with Gasteiger partial charge in [-0.2, -0.15) is 0 Å². The van der Waals surface area contributed by atoms with Gasteiger partial charge >= 0.3 is 0 Å². The van der Waals surface area contributed by atoms with Crippen LogP contribution in [0.15, 0.2) is 30.3 Å². The molecule has 0 amide bonds. The minimum absolute atomic E-state index is 0.237. The number of ketones is 1. The maximum atomic E-state index is 12.5. The first-order valence-corrected chi connectivity index (χ1v) is 10.3. The van der Waals surface area contributed by atoms with E-state index in [4.69, 9.17) is 0 Å². The molecule has 0 spiro atoms. The third kappa shape index (κ3) is 4.16. The summed E-state index contributed by atoms with van der Waals surface area (Å²) in [5.41, 5.74) is 1.54. The van der Waals surface area contributed by atoms with Gasteiger partial charge in [0.1, 0.15) is 11.4 Å². The summed E-state index contributed by atoms with van der Waals surface area (Å²) >= 11 is 0. The van der Waals surface area contributed by atoms with E-state index in [1.54, 1.807) is 0 Å². The Balaban J connectivity index is 3.13. The number of Topliss-reactive ketones (excluding diaryl/α,β-unsaturated/α-hetero) is 1. The second kappa shape index (κ2) is 6.85. The topological polar surface area (TPSA) is 17.1 Å². The largest absolute Gasteiger partial charge is 0.299 e. The van der Waals surface area contributed by atoms with Gasteiger partial charge in [0.2, 0.25) is 0 Å². The Bertz CT molecular complexity index is 426. The fourth-order valence-electron chi connectivity index (χ4n) is 2.52. The Kier molecular flexibility index (Phi) is 5.95. The summed E-state index contributed by atoms with van der Waals surface area (Å²) in [7, 11) is -1.11. The lowest BCUT2D eigenvalue weighted by Crippen LogP contribution is -2.24. The van der Waals surface area contributed by atoms with Crippen molar-refractivity contribution in [2.24, 2.45) is 5.41 Å². The quantitative estimate of drug-likeness (QED) is 0.640. The summed E-state index contributed by atoms with van der Waals surface area (Å²) in [6.07, 6.45) is 3.11. The first kappa shape index (κ1) is 17.4. The van der Waals surface area contributed by atoms with Crippen molar-refractivity contribution in [2.45, 2.75) is 46.7 Å². The second-order valence-corrected chi connectivity index (χ2v) is 11.8. The van der Waals surface area contributed by atoms with Gasteiger partial charge in [0.05, 0.1) is 12.3 Å². The van der Waals surface area contributed by atoms with Gasteiger partial charge in [-0.25, -0.2) is 0 Å². The lowest BCUT2D eigenvalue weighted by molar-refractivity contribution is -0.126. The van der Waals surface area contributed by atoms with Crippen LogP contribution in [0.1, 0.15) is 52.3 Å². The van der Waals surface area contributed by atoms with Crippen LogP contribution in [0, 0.1) is 5.41 Å². The van der Waals surface area contributed by atoms with Crippen LogP contribution in [0.25, 0.3) is 0 Å². The molecular formula is C18H30OP+. The van der Waals surface area contributed by atoms with Crippen LogP contribution in [-0.2, 0) is 4.79 Å². The van der Waals surface area contributed by atoms with Crippen molar-refractivity contribution < 1.29 is 4.79 Å². The van der Waals surface area contributed by atoms with E-state index in [2.05, 4.69) is 50.8 Å². The SMILES string of the molecule is CC[P+](C)(CC)C(CC(=O)C(C)(C)C)c1ccccc1.